The molecule has 1 aliphatic rings. The fraction of sp³-hybridized carbons (Fsp3) is 0.250. The molecule has 0 N–H and O–H groups in total. The Morgan fingerprint density at radius 1 is 1.06 bits per heavy atom. The lowest BCUT2D eigenvalue weighted by Gasteiger charge is -2.40. The van der Waals surface area contributed by atoms with E-state index in [0.717, 1.165) is 11.3 Å². The minimum absolute atomic E-state index is 0.0340. The van der Waals surface area contributed by atoms with Crippen molar-refractivity contribution in [3.05, 3.63) is 82.4 Å². The molecule has 1 saturated heterocycles. The van der Waals surface area contributed by atoms with Crippen LogP contribution in [0.4, 0.5) is 5.69 Å². The first-order chi connectivity index (χ1) is 16.4. The molecule has 0 bridgehead atoms. The Morgan fingerprint density at radius 2 is 1.85 bits per heavy atom. The number of carbonyl (C=O) groups is 2. The molecule has 2 heterocycles. The van der Waals surface area contributed by atoms with E-state index in [9.17, 15) is 19.7 Å². The number of hydrogen-bond donors (Lipinski definition) is 0. The molecule has 0 radical (unpaired) electrons. The summed E-state index contributed by atoms with van der Waals surface area (Å²) in [7, 11) is 0. The van der Waals surface area contributed by atoms with Gasteiger partial charge in [-0.05, 0) is 25.1 Å². The van der Waals surface area contributed by atoms with Crippen molar-refractivity contribution in [1.29, 1.82) is 0 Å². The number of non-ortho nitro benzene ring substituents is 1. The fourth-order valence-electron chi connectivity index (χ4n) is 3.79. The van der Waals surface area contributed by atoms with E-state index in [1.165, 1.54) is 30.0 Å². The summed E-state index contributed by atoms with van der Waals surface area (Å²) < 4.78 is 0. The quantitative estimate of drug-likeness (QED) is 0.303. The molecule has 2 aromatic carbocycles. The van der Waals surface area contributed by atoms with Gasteiger partial charge in [-0.1, -0.05) is 48.2 Å². The predicted octanol–water partition coefficient (Wildman–Crippen LogP) is 3.52. The van der Waals surface area contributed by atoms with Gasteiger partial charge in [0.2, 0.25) is 5.91 Å². The first-order valence-corrected chi connectivity index (χ1v) is 11.8. The van der Waals surface area contributed by atoms with Gasteiger partial charge < -0.3 is 9.80 Å². The van der Waals surface area contributed by atoms with Crippen molar-refractivity contribution in [3.63, 3.8) is 0 Å². The standard InChI is InChI=1S/C24H23N5O4S/c1-17-15-27(12-13-28(17)24(31)19-8-5-9-20(14-19)29(32)33)23(30)16-34-22-11-10-21(25-26-22)18-6-3-2-4-7-18/h2-11,14,17H,12-13,15-16H2,1H3. The molecule has 0 saturated carbocycles. The second kappa shape index (κ2) is 10.4. The normalized spacial score (nSPS) is 15.7. The third-order valence-corrected chi connectivity index (χ3v) is 6.50. The predicted molar refractivity (Wildman–Crippen MR) is 128 cm³/mol. The zero-order chi connectivity index (χ0) is 24.1. The summed E-state index contributed by atoms with van der Waals surface area (Å²) in [5.41, 5.74) is 1.90. The topological polar surface area (TPSA) is 110 Å². The van der Waals surface area contributed by atoms with Crippen molar-refractivity contribution in [2.24, 2.45) is 0 Å². The number of nitro benzene ring substituents is 1. The molecular weight excluding hydrogens is 454 g/mol. The number of rotatable bonds is 6. The summed E-state index contributed by atoms with van der Waals surface area (Å²) in [6.45, 7) is 3.04. The van der Waals surface area contributed by atoms with Gasteiger partial charge in [0.15, 0.2) is 0 Å². The van der Waals surface area contributed by atoms with E-state index >= 15 is 0 Å². The third kappa shape index (κ3) is 5.40. The molecule has 0 aliphatic carbocycles. The second-order valence-corrected chi connectivity index (χ2v) is 8.90. The van der Waals surface area contributed by atoms with Crippen molar-refractivity contribution in [2.45, 2.75) is 18.0 Å². The van der Waals surface area contributed by atoms with Crippen molar-refractivity contribution in [2.75, 3.05) is 25.4 Å². The third-order valence-electron chi connectivity index (χ3n) is 5.60. The van der Waals surface area contributed by atoms with Crippen LogP contribution in [0, 0.1) is 10.1 Å². The number of benzene rings is 2. The molecule has 34 heavy (non-hydrogen) atoms. The molecule has 1 unspecified atom stereocenters. The summed E-state index contributed by atoms with van der Waals surface area (Å²) in [6, 6.07) is 19.0. The fourth-order valence-corrected chi connectivity index (χ4v) is 4.51. The Bertz CT molecular complexity index is 1190. The average molecular weight is 478 g/mol. The molecular formula is C24H23N5O4S. The number of amides is 2. The van der Waals surface area contributed by atoms with Crippen LogP contribution in [-0.4, -0.2) is 68.2 Å². The highest BCUT2D eigenvalue weighted by molar-refractivity contribution is 7.99. The van der Waals surface area contributed by atoms with Crippen LogP contribution in [-0.2, 0) is 4.79 Å². The Kier molecular flexibility index (Phi) is 7.17. The van der Waals surface area contributed by atoms with E-state index in [2.05, 4.69) is 10.2 Å². The molecule has 0 spiro atoms. The zero-order valence-corrected chi connectivity index (χ0v) is 19.4. The molecule has 9 nitrogen and oxygen atoms in total. The molecule has 1 aromatic heterocycles. The Labute approximate surface area is 200 Å². The largest absolute Gasteiger partial charge is 0.338 e. The monoisotopic (exact) mass is 477 g/mol. The van der Waals surface area contributed by atoms with Gasteiger partial charge in [0.25, 0.3) is 11.6 Å². The van der Waals surface area contributed by atoms with Crippen LogP contribution in [0.5, 0.6) is 0 Å². The van der Waals surface area contributed by atoms with Gasteiger partial charge in [0.1, 0.15) is 5.03 Å². The van der Waals surface area contributed by atoms with Crippen LogP contribution in [0.25, 0.3) is 11.3 Å². The summed E-state index contributed by atoms with van der Waals surface area (Å²) in [4.78, 5) is 39.5. The van der Waals surface area contributed by atoms with Crippen LogP contribution < -0.4 is 0 Å². The zero-order valence-electron chi connectivity index (χ0n) is 18.5. The number of carbonyl (C=O) groups excluding carboxylic acids is 2. The lowest BCUT2D eigenvalue weighted by Crippen LogP contribution is -2.55. The Hall–Kier alpha value is -3.79. The van der Waals surface area contributed by atoms with Gasteiger partial charge in [-0.25, -0.2) is 0 Å². The lowest BCUT2D eigenvalue weighted by atomic mass is 10.1. The molecule has 4 rings (SSSR count). The number of hydrogen-bond acceptors (Lipinski definition) is 7. The summed E-state index contributed by atoms with van der Waals surface area (Å²) in [6.07, 6.45) is 0. The van der Waals surface area contributed by atoms with Crippen molar-refractivity contribution in [3.8, 4) is 11.3 Å². The highest BCUT2D eigenvalue weighted by Crippen LogP contribution is 2.22. The second-order valence-electron chi connectivity index (χ2n) is 7.91. The van der Waals surface area contributed by atoms with E-state index < -0.39 is 4.92 Å². The minimum Gasteiger partial charge on any atom is -0.338 e. The van der Waals surface area contributed by atoms with Gasteiger partial charge in [-0.2, -0.15) is 0 Å². The number of nitrogens with zero attached hydrogens (tertiary/aromatic N) is 5. The van der Waals surface area contributed by atoms with Crippen molar-refractivity contribution < 1.29 is 14.5 Å². The van der Waals surface area contributed by atoms with Gasteiger partial charge in [-0.3, -0.25) is 19.7 Å². The van der Waals surface area contributed by atoms with Gasteiger partial charge >= 0.3 is 0 Å². The van der Waals surface area contributed by atoms with E-state index in [0.29, 0.717) is 24.7 Å². The minimum atomic E-state index is -0.520. The lowest BCUT2D eigenvalue weighted by molar-refractivity contribution is -0.384. The van der Waals surface area contributed by atoms with E-state index in [1.54, 1.807) is 15.9 Å². The highest BCUT2D eigenvalue weighted by atomic mass is 32.2. The van der Waals surface area contributed by atoms with Crippen molar-refractivity contribution in [1.82, 2.24) is 20.0 Å². The van der Waals surface area contributed by atoms with Gasteiger partial charge in [0.05, 0.1) is 16.4 Å². The number of nitro groups is 1. The van der Waals surface area contributed by atoms with E-state index in [4.69, 9.17) is 0 Å². The van der Waals surface area contributed by atoms with Crippen LogP contribution >= 0.6 is 11.8 Å². The molecule has 3 aromatic rings. The molecule has 174 valence electrons. The number of piperazine rings is 1. The van der Waals surface area contributed by atoms with E-state index in [1.807, 2.05) is 49.4 Å². The molecule has 1 atom stereocenters. The summed E-state index contributed by atoms with van der Waals surface area (Å²) >= 11 is 1.33. The van der Waals surface area contributed by atoms with Gasteiger partial charge in [0, 0.05) is 48.9 Å². The SMILES string of the molecule is CC1CN(C(=O)CSc2ccc(-c3ccccc3)nn2)CCN1C(=O)c1cccc([N+](=O)[O-])c1. The maximum Gasteiger partial charge on any atom is 0.270 e. The molecule has 1 fully saturated rings. The summed E-state index contributed by atoms with van der Waals surface area (Å²) in [5, 5.41) is 20.1. The maximum absolute atomic E-state index is 12.9. The Balaban J connectivity index is 1.31. The van der Waals surface area contributed by atoms with E-state index in [-0.39, 0.29) is 34.9 Å². The number of aromatic nitrogens is 2. The molecule has 10 heteroatoms. The van der Waals surface area contributed by atoms with Crippen LogP contribution in [0.15, 0.2) is 71.8 Å². The maximum atomic E-state index is 12.9. The molecule has 1 aliphatic heterocycles. The molecule has 2 amide bonds. The first-order valence-electron chi connectivity index (χ1n) is 10.8. The van der Waals surface area contributed by atoms with Crippen molar-refractivity contribution >= 4 is 29.3 Å². The summed E-state index contributed by atoms with van der Waals surface area (Å²) in [5.74, 6) is -0.0788. The Morgan fingerprint density at radius 3 is 2.53 bits per heavy atom. The smallest absolute Gasteiger partial charge is 0.270 e. The highest BCUT2D eigenvalue weighted by Gasteiger charge is 2.30. The average Bonchev–Trinajstić information content (AvgIpc) is 2.87. The number of thioether (sulfide) groups is 1. The van der Waals surface area contributed by atoms with Gasteiger partial charge in [-0.15, -0.1) is 10.2 Å². The van der Waals surface area contributed by atoms with Crippen LogP contribution in [0.3, 0.4) is 0 Å². The van der Waals surface area contributed by atoms with Crippen LogP contribution in [0.2, 0.25) is 0 Å². The van der Waals surface area contributed by atoms with Crippen LogP contribution in [0.1, 0.15) is 17.3 Å². The first kappa shape index (κ1) is 23.4.